The third kappa shape index (κ3) is 3.99. The third-order valence-electron chi connectivity index (χ3n) is 6.07. The molecule has 0 saturated carbocycles. The molecule has 1 aliphatic rings. The number of amides is 1. The van der Waals surface area contributed by atoms with Crippen LogP contribution in [0.1, 0.15) is 28.4 Å². The van der Waals surface area contributed by atoms with E-state index < -0.39 is 28.4 Å². The Balaban J connectivity index is 1.75. The van der Waals surface area contributed by atoms with Gasteiger partial charge >= 0.3 is 5.91 Å². The van der Waals surface area contributed by atoms with Crippen molar-refractivity contribution in [3.8, 4) is 5.75 Å². The van der Waals surface area contributed by atoms with Gasteiger partial charge in [-0.25, -0.2) is 4.98 Å². The largest absolute Gasteiger partial charge is 0.507 e. The highest BCUT2D eigenvalue weighted by atomic mass is 32.1. The van der Waals surface area contributed by atoms with Crippen LogP contribution in [-0.4, -0.2) is 38.8 Å². The molecule has 2 aromatic carbocycles. The van der Waals surface area contributed by atoms with Crippen LogP contribution in [0.15, 0.2) is 60.3 Å². The van der Waals surface area contributed by atoms with E-state index in [2.05, 4.69) is 9.97 Å². The minimum atomic E-state index is -1.08. The summed E-state index contributed by atoms with van der Waals surface area (Å²) in [5.74, 6) is -1.81. The first-order valence-corrected chi connectivity index (χ1v) is 12.0. The molecule has 4 aromatic rings. The molecule has 1 aliphatic heterocycles. The van der Waals surface area contributed by atoms with Gasteiger partial charge in [-0.1, -0.05) is 23.5 Å². The van der Waals surface area contributed by atoms with Crippen molar-refractivity contribution < 1.29 is 24.4 Å². The van der Waals surface area contributed by atoms with Gasteiger partial charge in [0.25, 0.3) is 11.5 Å². The number of carbonyl (C=O) groups excluding carboxylic acids is 2. The maximum absolute atomic E-state index is 13.4. The van der Waals surface area contributed by atoms with Crippen LogP contribution in [0.3, 0.4) is 0 Å². The number of non-ortho nitro benzene ring substituents is 1. The first kappa shape index (κ1) is 24.1. The minimum absolute atomic E-state index is 0.118. The van der Waals surface area contributed by atoms with Gasteiger partial charge in [-0.2, -0.15) is 0 Å². The van der Waals surface area contributed by atoms with Gasteiger partial charge in [-0.15, -0.1) is 0 Å². The monoisotopic (exact) mass is 516 g/mol. The number of fused-ring (bicyclic) bond motifs is 1. The van der Waals surface area contributed by atoms with Gasteiger partial charge in [0.2, 0.25) is 0 Å². The highest BCUT2D eigenvalue weighted by Crippen LogP contribution is 2.45. The van der Waals surface area contributed by atoms with Crippen molar-refractivity contribution in [1.29, 1.82) is 0 Å². The Kier molecular flexibility index (Phi) is 5.92. The number of aliphatic hydroxyl groups is 1. The molecule has 37 heavy (non-hydrogen) atoms. The number of anilines is 1. The molecule has 0 bridgehead atoms. The minimum Gasteiger partial charge on any atom is -0.507 e. The molecule has 1 atom stereocenters. The summed E-state index contributed by atoms with van der Waals surface area (Å²) in [5.41, 5.74) is 2.36. The molecule has 1 amide bonds. The summed E-state index contributed by atoms with van der Waals surface area (Å²) < 4.78 is 5.99. The van der Waals surface area contributed by atoms with Gasteiger partial charge < -0.3 is 9.84 Å². The lowest BCUT2D eigenvalue weighted by Gasteiger charge is -2.22. The summed E-state index contributed by atoms with van der Waals surface area (Å²) in [7, 11) is 1.46. The number of rotatable bonds is 5. The van der Waals surface area contributed by atoms with E-state index in [9.17, 15) is 24.8 Å². The van der Waals surface area contributed by atoms with Gasteiger partial charge in [-0.05, 0) is 49.2 Å². The van der Waals surface area contributed by atoms with Crippen molar-refractivity contribution in [2.75, 3.05) is 12.0 Å². The van der Waals surface area contributed by atoms with E-state index >= 15 is 0 Å². The van der Waals surface area contributed by atoms with Crippen molar-refractivity contribution in [3.05, 3.63) is 92.8 Å². The van der Waals surface area contributed by atoms with E-state index in [-0.39, 0.29) is 22.0 Å². The number of aliphatic hydroxyl groups excluding tert-OH is 1. The molecule has 11 heteroatoms. The number of benzene rings is 2. The molecule has 1 N–H and O–H groups in total. The predicted molar refractivity (Wildman–Crippen MR) is 138 cm³/mol. The van der Waals surface area contributed by atoms with Crippen LogP contribution in [0.4, 0.5) is 10.8 Å². The Morgan fingerprint density at radius 2 is 1.95 bits per heavy atom. The molecule has 186 valence electrons. The number of thiazole rings is 1. The molecule has 0 spiro atoms. The molecule has 3 heterocycles. The number of nitro benzene ring substituents is 1. The van der Waals surface area contributed by atoms with E-state index in [4.69, 9.17) is 4.74 Å². The zero-order valence-electron chi connectivity index (χ0n) is 20.0. The van der Waals surface area contributed by atoms with Crippen molar-refractivity contribution >= 4 is 49.8 Å². The Hall–Kier alpha value is -4.64. The summed E-state index contributed by atoms with van der Waals surface area (Å²) in [6.45, 7) is 3.66. The number of nitro groups is 1. The quantitative estimate of drug-likeness (QED) is 0.131. The highest BCUT2D eigenvalue weighted by molar-refractivity contribution is 7.22. The zero-order chi connectivity index (χ0) is 26.4. The smallest absolute Gasteiger partial charge is 0.301 e. The van der Waals surface area contributed by atoms with Crippen LogP contribution in [0, 0.1) is 24.0 Å². The molecule has 5 rings (SSSR count). The highest BCUT2D eigenvalue weighted by Gasteiger charge is 2.49. The van der Waals surface area contributed by atoms with Gasteiger partial charge in [0.15, 0.2) is 5.13 Å². The van der Waals surface area contributed by atoms with Crippen LogP contribution in [0.5, 0.6) is 5.75 Å². The lowest BCUT2D eigenvalue weighted by atomic mass is 9.96. The molecular formula is C26H20N4O6S. The van der Waals surface area contributed by atoms with Crippen molar-refractivity contribution in [2.24, 2.45) is 0 Å². The van der Waals surface area contributed by atoms with Gasteiger partial charge in [0.1, 0.15) is 17.6 Å². The van der Waals surface area contributed by atoms with Crippen molar-refractivity contribution in [1.82, 2.24) is 9.97 Å². The molecule has 0 aliphatic carbocycles. The number of Topliss-reactive ketones (excluding diaryl/α,β-unsaturated/α-hetero) is 1. The molecule has 1 fully saturated rings. The lowest BCUT2D eigenvalue weighted by Crippen LogP contribution is -2.29. The number of aryl methyl sites for hydroxylation is 2. The van der Waals surface area contributed by atoms with E-state index in [1.807, 2.05) is 19.9 Å². The Morgan fingerprint density at radius 1 is 1.16 bits per heavy atom. The lowest BCUT2D eigenvalue weighted by molar-refractivity contribution is -0.384. The van der Waals surface area contributed by atoms with Crippen LogP contribution in [0.2, 0.25) is 0 Å². The second-order valence-corrected chi connectivity index (χ2v) is 9.50. The van der Waals surface area contributed by atoms with Crippen LogP contribution < -0.4 is 9.64 Å². The van der Waals surface area contributed by atoms with Gasteiger partial charge in [-0.3, -0.25) is 29.6 Å². The Bertz CT molecular complexity index is 1630. The number of pyridine rings is 1. The third-order valence-corrected chi connectivity index (χ3v) is 7.09. The normalized spacial score (nSPS) is 16.9. The summed E-state index contributed by atoms with van der Waals surface area (Å²) in [5, 5.41) is 22.9. The second-order valence-electron chi connectivity index (χ2n) is 8.49. The number of hydrogen-bond acceptors (Lipinski definition) is 9. The fraction of sp³-hybridized carbons (Fsp3) is 0.154. The number of hydrogen-bond donors (Lipinski definition) is 1. The van der Waals surface area contributed by atoms with Gasteiger partial charge in [0, 0.05) is 18.3 Å². The first-order chi connectivity index (χ1) is 17.7. The summed E-state index contributed by atoms with van der Waals surface area (Å²) in [6.07, 6.45) is 1.52. The molecule has 2 aromatic heterocycles. The fourth-order valence-corrected chi connectivity index (χ4v) is 5.54. The topological polar surface area (TPSA) is 136 Å². The number of methoxy groups -OCH3 is 1. The van der Waals surface area contributed by atoms with Crippen molar-refractivity contribution in [2.45, 2.75) is 19.9 Å². The van der Waals surface area contributed by atoms with Crippen LogP contribution in [0.25, 0.3) is 16.0 Å². The number of aromatic nitrogens is 2. The van der Waals surface area contributed by atoms with Crippen molar-refractivity contribution in [3.63, 3.8) is 0 Å². The number of carbonyl (C=O) groups is 2. The molecule has 0 radical (unpaired) electrons. The number of ether oxygens (including phenoxy) is 1. The van der Waals surface area contributed by atoms with Gasteiger partial charge in [0.05, 0.1) is 39.1 Å². The van der Waals surface area contributed by atoms with Crippen LogP contribution in [-0.2, 0) is 9.59 Å². The standard InChI is InChI=1S/C26H20N4O6S/c1-13-10-14(2)24(36-3)16(11-13)22(31)20-21(18-6-4-5-9-27-18)29(25(33)23(20)32)26-28-17-8-7-15(30(34)35)12-19(17)37-26/h4-12,21,31H,1-3H3/b22-20+. The van der Waals surface area contributed by atoms with Crippen LogP contribution >= 0.6 is 11.3 Å². The maximum atomic E-state index is 13.4. The zero-order valence-corrected chi connectivity index (χ0v) is 20.8. The first-order valence-electron chi connectivity index (χ1n) is 11.1. The summed E-state index contributed by atoms with van der Waals surface area (Å²) in [4.78, 5) is 47.6. The Morgan fingerprint density at radius 3 is 2.62 bits per heavy atom. The maximum Gasteiger partial charge on any atom is 0.301 e. The second kappa shape index (κ2) is 9.10. The molecule has 10 nitrogen and oxygen atoms in total. The average molecular weight is 517 g/mol. The Labute approximate surface area is 214 Å². The average Bonchev–Trinajstić information content (AvgIpc) is 3.41. The molecular weight excluding hydrogens is 496 g/mol. The predicted octanol–water partition coefficient (Wildman–Crippen LogP) is 4.85. The van der Waals surface area contributed by atoms with E-state index in [1.165, 1.54) is 36.4 Å². The SMILES string of the molecule is COc1c(C)cc(C)cc1/C(O)=C1\C(=O)C(=O)N(c2nc3ccc([N+](=O)[O-])cc3s2)C1c1ccccn1. The van der Waals surface area contributed by atoms with E-state index in [0.29, 0.717) is 21.7 Å². The molecule has 1 unspecified atom stereocenters. The summed E-state index contributed by atoms with van der Waals surface area (Å²) in [6, 6.07) is 11.7. The number of ketones is 1. The van der Waals surface area contributed by atoms with E-state index in [1.54, 1.807) is 24.3 Å². The summed E-state index contributed by atoms with van der Waals surface area (Å²) >= 11 is 1.03. The number of nitrogens with zero attached hydrogens (tertiary/aromatic N) is 4. The fourth-order valence-electron chi connectivity index (χ4n) is 4.51. The molecule has 1 saturated heterocycles. The van der Waals surface area contributed by atoms with E-state index in [0.717, 1.165) is 22.5 Å².